The van der Waals surface area contributed by atoms with Crippen LogP contribution in [0.4, 0.5) is 16.2 Å². The number of carbonyl (C=O) groups is 2. The van der Waals surface area contributed by atoms with Crippen LogP contribution in [0.1, 0.15) is 48.9 Å². The van der Waals surface area contributed by atoms with Crippen molar-refractivity contribution in [3.05, 3.63) is 48.0 Å². The van der Waals surface area contributed by atoms with Crippen molar-refractivity contribution in [1.29, 1.82) is 0 Å². The predicted octanol–water partition coefficient (Wildman–Crippen LogP) is 5.50. The second-order valence-electron chi connectivity index (χ2n) is 7.44. The van der Waals surface area contributed by atoms with Gasteiger partial charge in [0, 0.05) is 22.0 Å². The molecule has 0 radical (unpaired) electrons. The highest BCUT2D eigenvalue weighted by molar-refractivity contribution is 7.99. The Morgan fingerprint density at radius 3 is 2.75 bits per heavy atom. The summed E-state index contributed by atoms with van der Waals surface area (Å²) in [5.74, 6) is 0.617. The molecule has 0 bridgehead atoms. The van der Waals surface area contributed by atoms with Gasteiger partial charge in [0.15, 0.2) is 0 Å². The van der Waals surface area contributed by atoms with Crippen LogP contribution in [-0.4, -0.2) is 18.5 Å². The van der Waals surface area contributed by atoms with Gasteiger partial charge in [0.25, 0.3) is 5.91 Å². The van der Waals surface area contributed by atoms with E-state index in [0.717, 1.165) is 22.1 Å². The highest BCUT2D eigenvalue weighted by atomic mass is 32.2. The summed E-state index contributed by atoms with van der Waals surface area (Å²) < 4.78 is 0. The maximum atomic E-state index is 12.5. The van der Waals surface area contributed by atoms with Gasteiger partial charge in [-0.15, -0.1) is 0 Å². The van der Waals surface area contributed by atoms with Gasteiger partial charge in [-0.3, -0.25) is 4.79 Å². The molecular weight excluding hydrogens is 370 g/mol. The molecule has 146 valence electrons. The molecule has 28 heavy (non-hydrogen) atoms. The Morgan fingerprint density at radius 1 is 1.07 bits per heavy atom. The molecule has 2 aliphatic rings. The van der Waals surface area contributed by atoms with Crippen LogP contribution in [0.15, 0.2) is 52.3 Å². The van der Waals surface area contributed by atoms with Gasteiger partial charge >= 0.3 is 6.03 Å². The Bertz CT molecular complexity index is 878. The highest BCUT2D eigenvalue weighted by Gasteiger charge is 2.20. The lowest BCUT2D eigenvalue weighted by molar-refractivity contribution is 0.102. The fraction of sp³-hybridized carbons (Fsp3) is 0.364. The molecular formula is C22H25N3O2S. The standard InChI is InChI=1S/C22H25N3O2S/c26-21-17-8-4-5-9-19(17)28-20-11-10-16(14-18(20)25-21)24-22(27)23-13-12-15-6-2-1-3-7-15/h4-5,8-11,14-15H,1-3,6-7,12-13H2,(H,25,26)(H2,23,24,27). The third kappa shape index (κ3) is 4.50. The second-order valence-corrected chi connectivity index (χ2v) is 8.52. The molecule has 1 aliphatic heterocycles. The SMILES string of the molecule is O=C(NCCC1CCCCC1)Nc1ccc2c(c1)NC(=O)c1ccccc1S2. The second kappa shape index (κ2) is 8.69. The van der Waals surface area contributed by atoms with Crippen LogP contribution in [0.5, 0.6) is 0 Å². The van der Waals surface area contributed by atoms with Crippen molar-refractivity contribution in [3.8, 4) is 0 Å². The predicted molar refractivity (Wildman–Crippen MR) is 113 cm³/mol. The minimum Gasteiger partial charge on any atom is -0.338 e. The molecule has 0 saturated heterocycles. The fourth-order valence-corrected chi connectivity index (χ4v) is 4.90. The summed E-state index contributed by atoms with van der Waals surface area (Å²) in [4.78, 5) is 26.6. The van der Waals surface area contributed by atoms with Gasteiger partial charge in [0.2, 0.25) is 0 Å². The summed E-state index contributed by atoms with van der Waals surface area (Å²) in [7, 11) is 0. The van der Waals surface area contributed by atoms with Gasteiger partial charge in [-0.25, -0.2) is 4.79 Å². The Kier molecular flexibility index (Phi) is 5.86. The smallest absolute Gasteiger partial charge is 0.319 e. The molecule has 1 saturated carbocycles. The van der Waals surface area contributed by atoms with Gasteiger partial charge < -0.3 is 16.0 Å². The lowest BCUT2D eigenvalue weighted by Gasteiger charge is -2.21. The molecule has 2 aromatic rings. The minimum atomic E-state index is -0.202. The number of anilines is 2. The molecule has 0 spiro atoms. The van der Waals surface area contributed by atoms with Gasteiger partial charge in [0.05, 0.1) is 11.3 Å². The van der Waals surface area contributed by atoms with E-state index in [0.29, 0.717) is 23.5 Å². The van der Waals surface area contributed by atoms with Crippen molar-refractivity contribution in [2.45, 2.75) is 48.3 Å². The van der Waals surface area contributed by atoms with Crippen LogP contribution in [0, 0.1) is 5.92 Å². The molecule has 0 aromatic heterocycles. The molecule has 0 atom stereocenters. The first-order valence-electron chi connectivity index (χ1n) is 9.96. The normalized spacial score (nSPS) is 16.4. The van der Waals surface area contributed by atoms with E-state index in [-0.39, 0.29) is 11.9 Å². The van der Waals surface area contributed by atoms with Crippen molar-refractivity contribution < 1.29 is 9.59 Å². The summed E-state index contributed by atoms with van der Waals surface area (Å²) in [6.07, 6.45) is 7.60. The van der Waals surface area contributed by atoms with Crippen LogP contribution < -0.4 is 16.0 Å². The van der Waals surface area contributed by atoms with E-state index in [4.69, 9.17) is 0 Å². The van der Waals surface area contributed by atoms with E-state index < -0.39 is 0 Å². The lowest BCUT2D eigenvalue weighted by atomic mass is 9.87. The van der Waals surface area contributed by atoms with Crippen LogP contribution in [0.3, 0.4) is 0 Å². The van der Waals surface area contributed by atoms with Crippen molar-refractivity contribution in [2.75, 3.05) is 17.2 Å². The van der Waals surface area contributed by atoms with Crippen LogP contribution in [-0.2, 0) is 0 Å². The third-order valence-corrected chi connectivity index (χ3v) is 6.55. The van der Waals surface area contributed by atoms with Crippen molar-refractivity contribution in [1.82, 2.24) is 5.32 Å². The van der Waals surface area contributed by atoms with E-state index in [1.54, 1.807) is 11.8 Å². The molecule has 1 fully saturated rings. The molecule has 4 rings (SSSR count). The maximum Gasteiger partial charge on any atom is 0.319 e. The summed E-state index contributed by atoms with van der Waals surface area (Å²) >= 11 is 1.55. The summed E-state index contributed by atoms with van der Waals surface area (Å²) in [6.45, 7) is 0.698. The molecule has 5 nitrogen and oxygen atoms in total. The topological polar surface area (TPSA) is 70.2 Å². The van der Waals surface area contributed by atoms with Gasteiger partial charge in [-0.05, 0) is 42.7 Å². The monoisotopic (exact) mass is 395 g/mol. The van der Waals surface area contributed by atoms with E-state index in [2.05, 4.69) is 16.0 Å². The largest absolute Gasteiger partial charge is 0.338 e. The maximum absolute atomic E-state index is 12.5. The van der Waals surface area contributed by atoms with E-state index in [1.165, 1.54) is 32.1 Å². The number of fused-ring (bicyclic) bond motifs is 2. The van der Waals surface area contributed by atoms with E-state index in [1.807, 2.05) is 42.5 Å². The summed E-state index contributed by atoms with van der Waals surface area (Å²) in [5.41, 5.74) is 2.05. The number of carbonyl (C=O) groups excluding carboxylic acids is 2. The zero-order valence-corrected chi connectivity index (χ0v) is 16.6. The molecule has 3 amide bonds. The van der Waals surface area contributed by atoms with Gasteiger partial charge in [-0.1, -0.05) is 56.0 Å². The molecule has 2 aromatic carbocycles. The minimum absolute atomic E-state index is 0.129. The van der Waals surface area contributed by atoms with Crippen LogP contribution in [0.25, 0.3) is 0 Å². The van der Waals surface area contributed by atoms with Crippen LogP contribution in [0.2, 0.25) is 0 Å². The number of hydrogen-bond acceptors (Lipinski definition) is 3. The van der Waals surface area contributed by atoms with Gasteiger partial charge in [-0.2, -0.15) is 0 Å². The molecule has 1 aliphatic carbocycles. The summed E-state index contributed by atoms with van der Waals surface area (Å²) in [5, 5.41) is 8.77. The number of urea groups is 1. The zero-order chi connectivity index (χ0) is 19.3. The Balaban J connectivity index is 1.36. The Hall–Kier alpha value is -2.47. The summed E-state index contributed by atoms with van der Waals surface area (Å²) in [6, 6.07) is 13.0. The number of hydrogen-bond donors (Lipinski definition) is 3. The van der Waals surface area contributed by atoms with Crippen molar-refractivity contribution in [2.24, 2.45) is 5.92 Å². The lowest BCUT2D eigenvalue weighted by Crippen LogP contribution is -2.30. The van der Waals surface area contributed by atoms with Crippen LogP contribution >= 0.6 is 11.8 Å². The molecule has 1 heterocycles. The first-order chi connectivity index (χ1) is 13.7. The van der Waals surface area contributed by atoms with E-state index in [9.17, 15) is 9.59 Å². The van der Waals surface area contributed by atoms with Crippen molar-refractivity contribution in [3.63, 3.8) is 0 Å². The van der Waals surface area contributed by atoms with Crippen molar-refractivity contribution >= 4 is 35.1 Å². The van der Waals surface area contributed by atoms with Gasteiger partial charge in [0.1, 0.15) is 0 Å². The molecule has 0 unspecified atom stereocenters. The zero-order valence-electron chi connectivity index (χ0n) is 15.8. The first-order valence-corrected chi connectivity index (χ1v) is 10.8. The number of benzene rings is 2. The number of rotatable bonds is 4. The number of amides is 3. The molecule has 3 N–H and O–H groups in total. The Morgan fingerprint density at radius 2 is 1.89 bits per heavy atom. The number of nitrogens with one attached hydrogen (secondary N) is 3. The highest BCUT2D eigenvalue weighted by Crippen LogP contribution is 2.39. The van der Waals surface area contributed by atoms with E-state index >= 15 is 0 Å². The average Bonchev–Trinajstić information content (AvgIpc) is 2.84. The Labute approximate surface area is 169 Å². The quantitative estimate of drug-likeness (QED) is 0.640. The fourth-order valence-electron chi connectivity index (χ4n) is 3.89. The third-order valence-electron chi connectivity index (χ3n) is 5.40. The average molecular weight is 396 g/mol. The molecule has 6 heteroatoms. The first kappa shape index (κ1) is 18.9.